The average molecular weight is 166 g/mol. The molecule has 1 unspecified atom stereocenters. The Morgan fingerprint density at radius 1 is 1.58 bits per heavy atom. The fourth-order valence-electron chi connectivity index (χ4n) is 3.22. The number of rotatable bonds is 2. The summed E-state index contributed by atoms with van der Waals surface area (Å²) in [6, 6.07) is 0. The molecule has 2 aliphatic carbocycles. The lowest BCUT2D eigenvalue weighted by Crippen LogP contribution is -2.26. The van der Waals surface area contributed by atoms with Gasteiger partial charge in [-0.3, -0.25) is 4.79 Å². The Bertz CT molecular complexity index is 207. The van der Waals surface area contributed by atoms with E-state index in [0.717, 1.165) is 18.8 Å². The summed E-state index contributed by atoms with van der Waals surface area (Å²) < 4.78 is 0. The topological polar surface area (TPSA) is 17.1 Å². The van der Waals surface area contributed by atoms with Gasteiger partial charge in [0.05, 0.1) is 0 Å². The third-order valence-corrected chi connectivity index (χ3v) is 3.58. The van der Waals surface area contributed by atoms with Crippen LogP contribution in [0.1, 0.15) is 46.0 Å². The van der Waals surface area contributed by atoms with Crippen molar-refractivity contribution in [2.24, 2.45) is 17.3 Å². The van der Waals surface area contributed by atoms with Gasteiger partial charge in [0.15, 0.2) is 0 Å². The molecule has 2 aliphatic rings. The van der Waals surface area contributed by atoms with Crippen molar-refractivity contribution < 1.29 is 4.79 Å². The Hall–Kier alpha value is -0.330. The highest BCUT2D eigenvalue weighted by atomic mass is 16.1. The first-order valence-corrected chi connectivity index (χ1v) is 5.16. The van der Waals surface area contributed by atoms with Crippen molar-refractivity contribution in [2.75, 3.05) is 0 Å². The van der Waals surface area contributed by atoms with E-state index in [9.17, 15) is 4.79 Å². The van der Waals surface area contributed by atoms with E-state index in [1.54, 1.807) is 0 Å². The molecule has 2 fully saturated rings. The van der Waals surface area contributed by atoms with E-state index in [0.29, 0.717) is 11.7 Å². The van der Waals surface area contributed by atoms with E-state index in [1.807, 2.05) is 0 Å². The predicted molar refractivity (Wildman–Crippen MR) is 48.9 cm³/mol. The molecule has 12 heavy (non-hydrogen) atoms. The highest BCUT2D eigenvalue weighted by molar-refractivity contribution is 5.88. The molecule has 0 N–H and O–H groups in total. The van der Waals surface area contributed by atoms with E-state index in [2.05, 4.69) is 13.8 Å². The van der Waals surface area contributed by atoms with Gasteiger partial charge in [-0.25, -0.2) is 0 Å². The lowest BCUT2D eigenvalue weighted by Gasteiger charge is -2.26. The molecule has 0 amide bonds. The summed E-state index contributed by atoms with van der Waals surface area (Å²) in [5, 5.41) is 0. The SMILES string of the molecule is CC(C)C[C@]12CCC(CC1=O)C2. The van der Waals surface area contributed by atoms with E-state index in [4.69, 9.17) is 0 Å². The second-order valence-electron chi connectivity index (χ2n) is 5.11. The van der Waals surface area contributed by atoms with Gasteiger partial charge < -0.3 is 0 Å². The number of Topliss-reactive ketones (excluding diaryl/α,β-unsaturated/α-hetero) is 1. The molecule has 2 atom stereocenters. The molecule has 1 heteroatoms. The van der Waals surface area contributed by atoms with Crippen molar-refractivity contribution in [3.63, 3.8) is 0 Å². The van der Waals surface area contributed by atoms with Gasteiger partial charge in [0.25, 0.3) is 0 Å². The van der Waals surface area contributed by atoms with Crippen LogP contribution in [0.4, 0.5) is 0 Å². The molecule has 0 radical (unpaired) electrons. The van der Waals surface area contributed by atoms with Crippen LogP contribution in [0.2, 0.25) is 0 Å². The molecule has 68 valence electrons. The summed E-state index contributed by atoms with van der Waals surface area (Å²) in [7, 11) is 0. The van der Waals surface area contributed by atoms with Gasteiger partial charge in [-0.1, -0.05) is 13.8 Å². The largest absolute Gasteiger partial charge is 0.299 e. The maximum Gasteiger partial charge on any atom is 0.139 e. The first-order chi connectivity index (χ1) is 5.62. The normalized spacial score (nSPS) is 39.9. The van der Waals surface area contributed by atoms with Gasteiger partial charge in [-0.05, 0) is 37.5 Å². The minimum Gasteiger partial charge on any atom is -0.299 e. The number of fused-ring (bicyclic) bond motifs is 2. The average Bonchev–Trinajstić information content (AvgIpc) is 2.42. The first kappa shape index (κ1) is 8.28. The smallest absolute Gasteiger partial charge is 0.139 e. The number of hydrogen-bond acceptors (Lipinski definition) is 1. The van der Waals surface area contributed by atoms with Gasteiger partial charge in [0.2, 0.25) is 0 Å². The fraction of sp³-hybridized carbons (Fsp3) is 0.909. The van der Waals surface area contributed by atoms with Crippen LogP contribution in [-0.4, -0.2) is 5.78 Å². The van der Waals surface area contributed by atoms with Crippen molar-refractivity contribution in [1.29, 1.82) is 0 Å². The first-order valence-electron chi connectivity index (χ1n) is 5.16. The molecular weight excluding hydrogens is 148 g/mol. The number of carbonyl (C=O) groups excluding carboxylic acids is 1. The Balaban J connectivity index is 2.13. The van der Waals surface area contributed by atoms with Gasteiger partial charge in [0.1, 0.15) is 5.78 Å². The zero-order valence-corrected chi connectivity index (χ0v) is 8.10. The molecular formula is C11H18O. The van der Waals surface area contributed by atoms with Crippen molar-refractivity contribution in [3.05, 3.63) is 0 Å². The van der Waals surface area contributed by atoms with Crippen LogP contribution < -0.4 is 0 Å². The highest BCUT2D eigenvalue weighted by Crippen LogP contribution is 2.54. The molecule has 0 aliphatic heterocycles. The molecule has 1 nitrogen and oxygen atoms in total. The molecule has 0 spiro atoms. The van der Waals surface area contributed by atoms with Crippen LogP contribution in [0, 0.1) is 17.3 Å². The zero-order chi connectivity index (χ0) is 8.77. The Labute approximate surface area is 74.5 Å². The van der Waals surface area contributed by atoms with Crippen molar-refractivity contribution in [1.82, 2.24) is 0 Å². The number of ketones is 1. The molecule has 2 rings (SSSR count). The van der Waals surface area contributed by atoms with Crippen molar-refractivity contribution in [3.8, 4) is 0 Å². The third kappa shape index (κ3) is 1.10. The molecule has 0 aromatic rings. The van der Waals surface area contributed by atoms with E-state index in [1.165, 1.54) is 19.3 Å². The van der Waals surface area contributed by atoms with Crippen LogP contribution in [0.5, 0.6) is 0 Å². The monoisotopic (exact) mass is 166 g/mol. The van der Waals surface area contributed by atoms with Crippen LogP contribution in [0.25, 0.3) is 0 Å². The van der Waals surface area contributed by atoms with Gasteiger partial charge in [-0.2, -0.15) is 0 Å². The molecule has 0 aromatic heterocycles. The molecule has 0 saturated heterocycles. The van der Waals surface area contributed by atoms with Gasteiger partial charge in [-0.15, -0.1) is 0 Å². The summed E-state index contributed by atoms with van der Waals surface area (Å²) in [5.74, 6) is 2.02. The fourth-order valence-corrected chi connectivity index (χ4v) is 3.22. The predicted octanol–water partition coefficient (Wildman–Crippen LogP) is 2.79. The molecule has 0 aromatic carbocycles. The number of carbonyl (C=O) groups is 1. The van der Waals surface area contributed by atoms with Crippen LogP contribution in [0.15, 0.2) is 0 Å². The Morgan fingerprint density at radius 3 is 2.75 bits per heavy atom. The van der Waals surface area contributed by atoms with E-state index >= 15 is 0 Å². The number of hydrogen-bond donors (Lipinski definition) is 0. The standard InChI is InChI=1S/C11H18O/c1-8(2)6-11-4-3-9(7-11)5-10(11)12/h8-9H,3-7H2,1-2H3/t9?,11-/m0/s1. The summed E-state index contributed by atoms with van der Waals surface area (Å²) in [4.78, 5) is 11.7. The third-order valence-electron chi connectivity index (χ3n) is 3.58. The van der Waals surface area contributed by atoms with Gasteiger partial charge in [0, 0.05) is 11.8 Å². The maximum absolute atomic E-state index is 11.7. The summed E-state index contributed by atoms with van der Waals surface area (Å²) in [5.41, 5.74) is 0.152. The Kier molecular flexibility index (Phi) is 1.78. The minimum atomic E-state index is 0.152. The van der Waals surface area contributed by atoms with Crippen LogP contribution in [0.3, 0.4) is 0 Å². The summed E-state index contributed by atoms with van der Waals surface area (Å²) in [6.07, 6.45) is 5.76. The Morgan fingerprint density at radius 2 is 2.33 bits per heavy atom. The molecule has 2 bridgehead atoms. The second-order valence-corrected chi connectivity index (χ2v) is 5.11. The lowest BCUT2D eigenvalue weighted by atomic mass is 9.76. The highest BCUT2D eigenvalue weighted by Gasteiger charge is 2.51. The van der Waals surface area contributed by atoms with Crippen molar-refractivity contribution >= 4 is 5.78 Å². The minimum absolute atomic E-state index is 0.152. The quantitative estimate of drug-likeness (QED) is 0.616. The molecule has 0 heterocycles. The lowest BCUT2D eigenvalue weighted by molar-refractivity contribution is -0.127. The maximum atomic E-state index is 11.7. The van der Waals surface area contributed by atoms with Gasteiger partial charge >= 0.3 is 0 Å². The van der Waals surface area contributed by atoms with Crippen LogP contribution in [-0.2, 0) is 4.79 Å². The van der Waals surface area contributed by atoms with Crippen molar-refractivity contribution in [2.45, 2.75) is 46.0 Å². The summed E-state index contributed by atoms with van der Waals surface area (Å²) >= 11 is 0. The van der Waals surface area contributed by atoms with Crippen LogP contribution >= 0.6 is 0 Å². The molecule has 2 saturated carbocycles. The summed E-state index contributed by atoms with van der Waals surface area (Å²) in [6.45, 7) is 4.46. The zero-order valence-electron chi connectivity index (χ0n) is 8.10. The van der Waals surface area contributed by atoms with E-state index < -0.39 is 0 Å². The van der Waals surface area contributed by atoms with E-state index in [-0.39, 0.29) is 5.41 Å². The second kappa shape index (κ2) is 2.58.